The molecule has 1 aromatic rings. The Kier molecular flexibility index (Phi) is 6.51. The molecule has 0 aliphatic heterocycles. The molecule has 18 heavy (non-hydrogen) atoms. The number of anilines is 1. The Balaban J connectivity index is 2.41. The lowest BCUT2D eigenvalue weighted by Gasteiger charge is -2.28. The monoisotopic (exact) mass is 268 g/mol. The van der Waals surface area contributed by atoms with Crippen LogP contribution in [0.3, 0.4) is 0 Å². The van der Waals surface area contributed by atoms with Gasteiger partial charge in [-0.2, -0.15) is 0 Å². The first-order chi connectivity index (χ1) is 8.50. The third kappa shape index (κ3) is 5.28. The first-order valence-electron chi connectivity index (χ1n) is 6.73. The third-order valence-corrected chi connectivity index (χ3v) is 3.25. The lowest BCUT2D eigenvalue weighted by molar-refractivity contribution is 0.205. The maximum absolute atomic E-state index is 6.11. The van der Waals surface area contributed by atoms with E-state index in [-0.39, 0.29) is 0 Å². The van der Waals surface area contributed by atoms with Crippen molar-refractivity contribution in [3.05, 3.63) is 29.3 Å². The summed E-state index contributed by atoms with van der Waals surface area (Å²) in [4.78, 5) is 2.49. The van der Waals surface area contributed by atoms with Crippen molar-refractivity contribution in [2.24, 2.45) is 5.92 Å². The highest BCUT2D eigenvalue weighted by molar-refractivity contribution is 6.33. The van der Waals surface area contributed by atoms with Crippen molar-refractivity contribution < 1.29 is 0 Å². The van der Waals surface area contributed by atoms with Crippen LogP contribution in [0.5, 0.6) is 0 Å². The lowest BCUT2D eigenvalue weighted by atomic mass is 10.2. The van der Waals surface area contributed by atoms with Crippen LogP contribution in [-0.2, 0) is 0 Å². The summed E-state index contributed by atoms with van der Waals surface area (Å²) >= 11 is 6.11. The summed E-state index contributed by atoms with van der Waals surface area (Å²) in [5, 5.41) is 4.19. The molecule has 0 amide bonds. The largest absolute Gasteiger partial charge is 0.383 e. The standard InChI is InChI=1S/C15H25ClN2/c1-12(2)11-18(13(3)4)10-9-17-15-8-6-5-7-14(15)16/h5-8,12-13,17H,9-11H2,1-4H3. The minimum Gasteiger partial charge on any atom is -0.383 e. The van der Waals surface area contributed by atoms with Crippen LogP contribution < -0.4 is 5.32 Å². The van der Waals surface area contributed by atoms with Crippen molar-refractivity contribution in [3.8, 4) is 0 Å². The Morgan fingerprint density at radius 3 is 2.39 bits per heavy atom. The van der Waals surface area contributed by atoms with Gasteiger partial charge in [-0.15, -0.1) is 0 Å². The van der Waals surface area contributed by atoms with E-state index in [0.29, 0.717) is 12.0 Å². The SMILES string of the molecule is CC(C)CN(CCNc1ccccc1Cl)C(C)C. The fraction of sp³-hybridized carbons (Fsp3) is 0.600. The Labute approximate surface area is 116 Å². The molecule has 1 aromatic carbocycles. The number of nitrogens with one attached hydrogen (secondary N) is 1. The summed E-state index contributed by atoms with van der Waals surface area (Å²) in [6, 6.07) is 8.47. The zero-order valence-electron chi connectivity index (χ0n) is 11.9. The van der Waals surface area contributed by atoms with Crippen molar-refractivity contribution in [2.75, 3.05) is 25.0 Å². The number of rotatable bonds is 7. The van der Waals surface area contributed by atoms with Gasteiger partial charge in [-0.3, -0.25) is 4.90 Å². The van der Waals surface area contributed by atoms with Crippen LogP contribution in [0.15, 0.2) is 24.3 Å². The van der Waals surface area contributed by atoms with Crippen LogP contribution >= 0.6 is 11.6 Å². The molecule has 0 fully saturated rings. The fourth-order valence-corrected chi connectivity index (χ4v) is 2.17. The summed E-state index contributed by atoms with van der Waals surface area (Å²) in [7, 11) is 0. The molecule has 0 aromatic heterocycles. The van der Waals surface area contributed by atoms with Crippen molar-refractivity contribution in [3.63, 3.8) is 0 Å². The van der Waals surface area contributed by atoms with E-state index in [4.69, 9.17) is 11.6 Å². The maximum atomic E-state index is 6.11. The smallest absolute Gasteiger partial charge is 0.0637 e. The summed E-state index contributed by atoms with van der Waals surface area (Å²) < 4.78 is 0. The highest BCUT2D eigenvalue weighted by atomic mass is 35.5. The molecule has 0 saturated carbocycles. The third-order valence-electron chi connectivity index (χ3n) is 2.92. The molecule has 0 aliphatic rings. The number of hydrogen-bond acceptors (Lipinski definition) is 2. The molecule has 0 bridgehead atoms. The Morgan fingerprint density at radius 2 is 1.83 bits per heavy atom. The molecule has 0 spiro atoms. The highest BCUT2D eigenvalue weighted by Crippen LogP contribution is 2.20. The molecule has 0 radical (unpaired) electrons. The van der Waals surface area contributed by atoms with Crippen molar-refractivity contribution in [1.29, 1.82) is 0 Å². The summed E-state index contributed by atoms with van der Waals surface area (Å²) in [6.07, 6.45) is 0. The van der Waals surface area contributed by atoms with E-state index in [1.54, 1.807) is 0 Å². The van der Waals surface area contributed by atoms with Crippen molar-refractivity contribution in [1.82, 2.24) is 4.90 Å². The molecule has 0 heterocycles. The second kappa shape index (κ2) is 7.65. The van der Waals surface area contributed by atoms with Gasteiger partial charge in [0.25, 0.3) is 0 Å². The minimum atomic E-state index is 0.584. The first-order valence-corrected chi connectivity index (χ1v) is 7.11. The molecule has 0 aliphatic carbocycles. The van der Waals surface area contributed by atoms with Gasteiger partial charge in [0.15, 0.2) is 0 Å². The molecular weight excluding hydrogens is 244 g/mol. The van der Waals surface area contributed by atoms with Gasteiger partial charge in [-0.1, -0.05) is 37.6 Å². The molecule has 102 valence electrons. The lowest BCUT2D eigenvalue weighted by Crippen LogP contribution is -2.37. The molecule has 1 rings (SSSR count). The summed E-state index contributed by atoms with van der Waals surface area (Å²) in [6.45, 7) is 12.1. The van der Waals surface area contributed by atoms with Gasteiger partial charge in [0.2, 0.25) is 0 Å². The van der Waals surface area contributed by atoms with E-state index < -0.39 is 0 Å². The maximum Gasteiger partial charge on any atom is 0.0637 e. The van der Waals surface area contributed by atoms with Gasteiger partial charge in [-0.25, -0.2) is 0 Å². The minimum absolute atomic E-state index is 0.584. The summed E-state index contributed by atoms with van der Waals surface area (Å²) in [5.41, 5.74) is 1.02. The van der Waals surface area contributed by atoms with E-state index in [1.165, 1.54) is 0 Å². The highest BCUT2D eigenvalue weighted by Gasteiger charge is 2.10. The number of halogens is 1. The van der Waals surface area contributed by atoms with Crippen LogP contribution in [0.4, 0.5) is 5.69 Å². The van der Waals surface area contributed by atoms with Crippen molar-refractivity contribution in [2.45, 2.75) is 33.7 Å². The zero-order chi connectivity index (χ0) is 13.5. The van der Waals surface area contributed by atoms with Crippen LogP contribution in [0.25, 0.3) is 0 Å². The van der Waals surface area contributed by atoms with Crippen LogP contribution in [0, 0.1) is 5.92 Å². The van der Waals surface area contributed by atoms with Gasteiger partial charge >= 0.3 is 0 Å². The number of nitrogens with zero attached hydrogens (tertiary/aromatic N) is 1. The quantitative estimate of drug-likeness (QED) is 0.800. The number of benzene rings is 1. The van der Waals surface area contributed by atoms with Crippen LogP contribution in [0.2, 0.25) is 5.02 Å². The van der Waals surface area contributed by atoms with Gasteiger partial charge in [0.1, 0.15) is 0 Å². The average molecular weight is 269 g/mol. The molecule has 2 nitrogen and oxygen atoms in total. The number of hydrogen-bond donors (Lipinski definition) is 1. The first kappa shape index (κ1) is 15.3. The fourth-order valence-electron chi connectivity index (χ4n) is 1.97. The van der Waals surface area contributed by atoms with Crippen molar-refractivity contribution >= 4 is 17.3 Å². The number of para-hydroxylation sites is 1. The second-order valence-electron chi connectivity index (χ2n) is 5.39. The topological polar surface area (TPSA) is 15.3 Å². The van der Waals surface area contributed by atoms with E-state index in [0.717, 1.165) is 30.3 Å². The Morgan fingerprint density at radius 1 is 1.17 bits per heavy atom. The van der Waals surface area contributed by atoms with E-state index in [1.807, 2.05) is 24.3 Å². The van der Waals surface area contributed by atoms with E-state index in [2.05, 4.69) is 37.9 Å². The Hall–Kier alpha value is -0.730. The zero-order valence-corrected chi connectivity index (χ0v) is 12.7. The predicted molar refractivity (Wildman–Crippen MR) is 81.5 cm³/mol. The second-order valence-corrected chi connectivity index (χ2v) is 5.80. The average Bonchev–Trinajstić information content (AvgIpc) is 2.29. The van der Waals surface area contributed by atoms with E-state index in [9.17, 15) is 0 Å². The van der Waals surface area contributed by atoms with Gasteiger partial charge in [0, 0.05) is 25.7 Å². The predicted octanol–water partition coefficient (Wildman–Crippen LogP) is 4.12. The molecular formula is C15H25ClN2. The Bertz CT molecular complexity index is 350. The van der Waals surface area contributed by atoms with E-state index >= 15 is 0 Å². The van der Waals surface area contributed by atoms with Gasteiger partial charge in [0.05, 0.1) is 10.7 Å². The van der Waals surface area contributed by atoms with Crippen LogP contribution in [-0.4, -0.2) is 30.6 Å². The normalized spacial score (nSPS) is 11.6. The molecule has 0 saturated heterocycles. The molecule has 1 N–H and O–H groups in total. The molecule has 0 atom stereocenters. The summed E-state index contributed by atoms with van der Waals surface area (Å²) in [5.74, 6) is 0.702. The van der Waals surface area contributed by atoms with Crippen LogP contribution in [0.1, 0.15) is 27.7 Å². The van der Waals surface area contributed by atoms with Gasteiger partial charge in [-0.05, 0) is 31.9 Å². The molecule has 0 unspecified atom stereocenters. The molecule has 3 heteroatoms. The van der Waals surface area contributed by atoms with Gasteiger partial charge < -0.3 is 5.32 Å².